The molecule has 0 aliphatic rings. The number of hydrogen-bond donors (Lipinski definition) is 2. The Bertz CT molecular complexity index is 819. The van der Waals surface area contributed by atoms with Crippen LogP contribution in [0, 0.1) is 0 Å². The van der Waals surface area contributed by atoms with Crippen LogP contribution < -0.4 is 5.32 Å². The number of H-pyrrole nitrogens is 1. The Morgan fingerprint density at radius 1 is 1.17 bits per heavy atom. The number of amides is 1. The minimum atomic E-state index is -0.350. The van der Waals surface area contributed by atoms with Gasteiger partial charge in [-0.3, -0.25) is 4.79 Å². The molecule has 0 aliphatic carbocycles. The fourth-order valence-electron chi connectivity index (χ4n) is 2.04. The van der Waals surface area contributed by atoms with Crippen LogP contribution in [0.25, 0.3) is 0 Å². The zero-order chi connectivity index (χ0) is 16.4. The monoisotopic (exact) mass is 368 g/mol. The van der Waals surface area contributed by atoms with Crippen molar-refractivity contribution in [2.75, 3.05) is 5.32 Å². The minimum Gasteiger partial charge on any atom is -0.340 e. The Labute approximate surface area is 147 Å². The molecular formula is C15H11Cl3N4O. The number of rotatable bonds is 4. The second-order valence-electron chi connectivity index (χ2n) is 4.80. The predicted octanol–water partition coefficient (Wildman–Crippen LogP) is 4.47. The zero-order valence-electron chi connectivity index (χ0n) is 11.7. The number of carbonyl (C=O) groups excluding carboxylic acids is 1. The van der Waals surface area contributed by atoms with Crippen molar-refractivity contribution in [2.45, 2.75) is 6.54 Å². The molecule has 3 rings (SSSR count). The van der Waals surface area contributed by atoms with E-state index in [0.717, 1.165) is 5.56 Å². The number of aromatic nitrogens is 3. The average molecular weight is 370 g/mol. The molecule has 8 heteroatoms. The van der Waals surface area contributed by atoms with E-state index in [9.17, 15) is 4.79 Å². The van der Waals surface area contributed by atoms with Crippen molar-refractivity contribution in [1.82, 2.24) is 14.8 Å². The highest BCUT2D eigenvalue weighted by atomic mass is 35.5. The summed E-state index contributed by atoms with van der Waals surface area (Å²) in [5.74, 6) is 0.212. The van der Waals surface area contributed by atoms with Crippen LogP contribution in [-0.4, -0.2) is 20.7 Å². The Kier molecular flexibility index (Phi) is 4.61. The number of hydrogen-bond acceptors (Lipinski definition) is 2. The summed E-state index contributed by atoms with van der Waals surface area (Å²) in [4.78, 5) is 14.9. The number of aromatic amines is 1. The Morgan fingerprint density at radius 3 is 2.57 bits per heavy atom. The third-order valence-electron chi connectivity index (χ3n) is 3.17. The SMILES string of the molecule is O=C(Nc1ccnn1Cc1ccc(Cl)cc1)c1cc(Cl)c(Cl)[nH]1. The molecule has 1 aromatic carbocycles. The van der Waals surface area contributed by atoms with Gasteiger partial charge in [0.25, 0.3) is 5.91 Å². The minimum absolute atomic E-state index is 0.228. The topological polar surface area (TPSA) is 62.7 Å². The summed E-state index contributed by atoms with van der Waals surface area (Å²) in [6.45, 7) is 0.506. The van der Waals surface area contributed by atoms with Gasteiger partial charge in [-0.1, -0.05) is 46.9 Å². The van der Waals surface area contributed by atoms with Gasteiger partial charge in [-0.25, -0.2) is 4.68 Å². The summed E-state index contributed by atoms with van der Waals surface area (Å²) >= 11 is 17.5. The summed E-state index contributed by atoms with van der Waals surface area (Å²) in [6.07, 6.45) is 1.61. The highest BCUT2D eigenvalue weighted by molar-refractivity contribution is 6.41. The summed E-state index contributed by atoms with van der Waals surface area (Å²) in [5.41, 5.74) is 1.29. The first-order valence-corrected chi connectivity index (χ1v) is 7.78. The van der Waals surface area contributed by atoms with Gasteiger partial charge in [0.05, 0.1) is 17.8 Å². The van der Waals surface area contributed by atoms with Gasteiger partial charge in [0.15, 0.2) is 0 Å². The normalized spacial score (nSPS) is 10.7. The second-order valence-corrected chi connectivity index (χ2v) is 6.02. The number of nitrogens with one attached hydrogen (secondary N) is 2. The lowest BCUT2D eigenvalue weighted by Crippen LogP contribution is -2.16. The first kappa shape index (κ1) is 15.9. The van der Waals surface area contributed by atoms with Gasteiger partial charge in [0.2, 0.25) is 0 Å². The lowest BCUT2D eigenvalue weighted by atomic mass is 10.2. The molecule has 23 heavy (non-hydrogen) atoms. The number of nitrogens with zero attached hydrogens (tertiary/aromatic N) is 2. The predicted molar refractivity (Wildman–Crippen MR) is 91.5 cm³/mol. The fourth-order valence-corrected chi connectivity index (χ4v) is 2.48. The first-order chi connectivity index (χ1) is 11.0. The van der Waals surface area contributed by atoms with E-state index in [1.165, 1.54) is 6.07 Å². The molecule has 3 aromatic rings. The molecule has 0 saturated carbocycles. The standard InChI is InChI=1S/C15H11Cl3N4O/c16-10-3-1-9(2-4-10)8-22-13(5-6-19-22)21-15(23)12-7-11(17)14(18)20-12/h1-7,20H,8H2,(H,21,23). The molecule has 2 heterocycles. The van der Waals surface area contributed by atoms with Crippen molar-refractivity contribution in [3.63, 3.8) is 0 Å². The van der Waals surface area contributed by atoms with Crippen LogP contribution in [0.1, 0.15) is 16.1 Å². The lowest BCUT2D eigenvalue weighted by Gasteiger charge is -2.08. The maximum atomic E-state index is 12.2. The van der Waals surface area contributed by atoms with Crippen LogP contribution >= 0.6 is 34.8 Å². The third kappa shape index (κ3) is 3.69. The van der Waals surface area contributed by atoms with E-state index in [1.807, 2.05) is 24.3 Å². The molecule has 0 aliphatic heterocycles. The van der Waals surface area contributed by atoms with Crippen LogP contribution in [-0.2, 0) is 6.54 Å². The van der Waals surface area contributed by atoms with Gasteiger partial charge in [-0.15, -0.1) is 0 Å². The zero-order valence-corrected chi connectivity index (χ0v) is 14.0. The Hall–Kier alpha value is -1.95. The molecule has 0 atom stereocenters. The molecule has 0 radical (unpaired) electrons. The molecule has 1 amide bonds. The van der Waals surface area contributed by atoms with E-state index in [-0.39, 0.29) is 16.8 Å². The molecule has 0 spiro atoms. The van der Waals surface area contributed by atoms with E-state index >= 15 is 0 Å². The third-order valence-corrected chi connectivity index (χ3v) is 4.12. The number of anilines is 1. The van der Waals surface area contributed by atoms with Crippen LogP contribution in [0.5, 0.6) is 0 Å². The molecule has 2 aromatic heterocycles. The fraction of sp³-hybridized carbons (Fsp3) is 0.0667. The van der Waals surface area contributed by atoms with Gasteiger partial charge in [0, 0.05) is 11.1 Å². The van der Waals surface area contributed by atoms with Gasteiger partial charge < -0.3 is 10.3 Å². The van der Waals surface area contributed by atoms with Gasteiger partial charge in [0.1, 0.15) is 16.7 Å². The van der Waals surface area contributed by atoms with Crippen LogP contribution in [0.4, 0.5) is 5.82 Å². The van der Waals surface area contributed by atoms with Gasteiger partial charge >= 0.3 is 0 Å². The highest BCUT2D eigenvalue weighted by Crippen LogP contribution is 2.22. The number of halogens is 3. The summed E-state index contributed by atoms with van der Waals surface area (Å²) in [7, 11) is 0. The molecule has 0 saturated heterocycles. The van der Waals surface area contributed by atoms with Crippen molar-refractivity contribution in [3.8, 4) is 0 Å². The van der Waals surface area contributed by atoms with Crippen molar-refractivity contribution >= 4 is 46.5 Å². The lowest BCUT2D eigenvalue weighted by molar-refractivity contribution is 0.102. The molecule has 118 valence electrons. The van der Waals surface area contributed by atoms with Crippen molar-refractivity contribution in [2.24, 2.45) is 0 Å². The van der Waals surface area contributed by atoms with Crippen LogP contribution in [0.3, 0.4) is 0 Å². The van der Waals surface area contributed by atoms with Gasteiger partial charge in [-0.05, 0) is 23.8 Å². The maximum Gasteiger partial charge on any atom is 0.273 e. The smallest absolute Gasteiger partial charge is 0.273 e. The highest BCUT2D eigenvalue weighted by Gasteiger charge is 2.14. The van der Waals surface area contributed by atoms with Crippen LogP contribution in [0.2, 0.25) is 15.2 Å². The molecule has 0 fully saturated rings. The van der Waals surface area contributed by atoms with E-state index in [1.54, 1.807) is 16.9 Å². The molecule has 0 unspecified atom stereocenters. The largest absolute Gasteiger partial charge is 0.340 e. The summed E-state index contributed by atoms with van der Waals surface area (Å²) in [6, 6.07) is 10.6. The first-order valence-electron chi connectivity index (χ1n) is 6.64. The Balaban J connectivity index is 1.75. The van der Waals surface area contributed by atoms with Crippen molar-refractivity contribution in [1.29, 1.82) is 0 Å². The quantitative estimate of drug-likeness (QED) is 0.712. The summed E-state index contributed by atoms with van der Waals surface area (Å²) < 4.78 is 1.67. The maximum absolute atomic E-state index is 12.2. The van der Waals surface area contributed by atoms with Crippen molar-refractivity contribution < 1.29 is 4.79 Å². The van der Waals surface area contributed by atoms with Gasteiger partial charge in [-0.2, -0.15) is 5.10 Å². The molecule has 2 N–H and O–H groups in total. The Morgan fingerprint density at radius 2 is 1.91 bits per heavy atom. The van der Waals surface area contributed by atoms with Crippen LogP contribution in [0.15, 0.2) is 42.6 Å². The molecule has 0 bridgehead atoms. The van der Waals surface area contributed by atoms with Crippen molar-refractivity contribution in [3.05, 3.63) is 69.1 Å². The number of carbonyl (C=O) groups is 1. The van der Waals surface area contributed by atoms with E-state index in [4.69, 9.17) is 34.8 Å². The molecule has 5 nitrogen and oxygen atoms in total. The molecular weight excluding hydrogens is 359 g/mol. The van der Waals surface area contributed by atoms with E-state index < -0.39 is 0 Å². The second kappa shape index (κ2) is 6.66. The average Bonchev–Trinajstić information content (AvgIpc) is 3.09. The van der Waals surface area contributed by atoms with E-state index in [2.05, 4.69) is 15.4 Å². The number of benzene rings is 1. The summed E-state index contributed by atoms with van der Waals surface area (Å²) in [5, 5.41) is 8.17. The van der Waals surface area contributed by atoms with E-state index in [0.29, 0.717) is 22.4 Å².